The highest BCUT2D eigenvalue weighted by Crippen LogP contribution is 2.26. The third kappa shape index (κ3) is 6.28. The average molecular weight is 421 g/mol. The second-order valence-corrected chi connectivity index (χ2v) is 7.79. The Labute approximate surface area is 169 Å². The van der Waals surface area contributed by atoms with Crippen molar-refractivity contribution in [3.05, 3.63) is 54.1 Å². The van der Waals surface area contributed by atoms with Crippen molar-refractivity contribution in [3.63, 3.8) is 0 Å². The lowest BCUT2D eigenvalue weighted by Crippen LogP contribution is -2.43. The Kier molecular flexibility index (Phi) is 7.71. The minimum absolute atomic E-state index is 0.00318. The van der Waals surface area contributed by atoms with Crippen molar-refractivity contribution in [3.8, 4) is 5.75 Å². The van der Waals surface area contributed by atoms with E-state index in [0.717, 1.165) is 6.42 Å². The number of nitrogens with two attached hydrogens (primary N) is 2. The van der Waals surface area contributed by atoms with Gasteiger partial charge in [-0.25, -0.2) is 13.2 Å². The van der Waals surface area contributed by atoms with Gasteiger partial charge >= 0.3 is 11.9 Å². The van der Waals surface area contributed by atoms with Gasteiger partial charge in [-0.15, -0.1) is 0 Å². The number of hydrogen-bond acceptors (Lipinski definition) is 8. The monoisotopic (exact) mass is 421 g/mol. The van der Waals surface area contributed by atoms with Crippen LogP contribution in [0.2, 0.25) is 0 Å². The van der Waals surface area contributed by atoms with Gasteiger partial charge in [-0.3, -0.25) is 4.79 Å². The van der Waals surface area contributed by atoms with Crippen LogP contribution >= 0.6 is 0 Å². The Morgan fingerprint density at radius 3 is 2.45 bits per heavy atom. The molecule has 0 aliphatic heterocycles. The van der Waals surface area contributed by atoms with Crippen molar-refractivity contribution >= 4 is 27.6 Å². The molecule has 0 aliphatic rings. The van der Waals surface area contributed by atoms with Gasteiger partial charge in [0, 0.05) is 0 Å². The molecule has 9 nitrogen and oxygen atoms in total. The Balaban J connectivity index is 1.97. The fourth-order valence-corrected chi connectivity index (χ4v) is 3.48. The first-order valence-corrected chi connectivity index (χ1v) is 10.3. The molecule has 2 aromatic rings. The summed E-state index contributed by atoms with van der Waals surface area (Å²) in [6.45, 7) is 2.33. The summed E-state index contributed by atoms with van der Waals surface area (Å²) < 4.78 is 36.7. The molecule has 0 saturated heterocycles. The van der Waals surface area contributed by atoms with Crippen LogP contribution < -0.4 is 20.9 Å². The van der Waals surface area contributed by atoms with Crippen molar-refractivity contribution < 1.29 is 27.5 Å². The minimum Gasteiger partial charge on any atom is -0.491 e. The smallest absolute Gasteiger partial charge is 0.348 e. The van der Waals surface area contributed by atoms with Gasteiger partial charge in [0.1, 0.15) is 5.75 Å². The highest BCUT2D eigenvalue weighted by atomic mass is 32.2. The molecule has 1 atom stereocenters. The fraction of sp³-hybridized carbons (Fsp3) is 0.263. The highest BCUT2D eigenvalue weighted by Gasteiger charge is 2.23. The number of rotatable bonds is 9. The topological polar surface area (TPSA) is 151 Å². The lowest BCUT2D eigenvalue weighted by Gasteiger charge is -2.14. The molecule has 0 unspecified atom stereocenters. The molecule has 156 valence electrons. The predicted octanol–water partition coefficient (Wildman–Crippen LogP) is 1.39. The molecule has 0 fully saturated rings. The number of benzene rings is 2. The van der Waals surface area contributed by atoms with Crippen molar-refractivity contribution in [2.24, 2.45) is 5.73 Å². The quantitative estimate of drug-likeness (QED) is 0.238. The summed E-state index contributed by atoms with van der Waals surface area (Å²) in [6.07, 6.45) is -1.08. The molecule has 2 rings (SSSR count). The van der Waals surface area contributed by atoms with E-state index in [1.165, 1.54) is 18.2 Å². The van der Waals surface area contributed by atoms with Crippen LogP contribution in [-0.2, 0) is 19.6 Å². The number of ether oxygens (including phenoxy) is 2. The van der Waals surface area contributed by atoms with Crippen molar-refractivity contribution in [1.82, 2.24) is 4.72 Å². The van der Waals surface area contributed by atoms with Gasteiger partial charge in [-0.05, 0) is 30.7 Å². The van der Waals surface area contributed by atoms with Gasteiger partial charge in [0.15, 0.2) is 0 Å². The lowest BCUT2D eigenvalue weighted by molar-refractivity contribution is -0.138. The van der Waals surface area contributed by atoms with Crippen LogP contribution in [0.1, 0.15) is 30.1 Å². The third-order valence-corrected chi connectivity index (χ3v) is 5.21. The van der Waals surface area contributed by atoms with E-state index in [0.29, 0.717) is 12.4 Å². The van der Waals surface area contributed by atoms with Gasteiger partial charge in [-0.2, -0.15) is 4.72 Å². The molecule has 0 saturated carbocycles. The van der Waals surface area contributed by atoms with E-state index in [-0.39, 0.29) is 16.1 Å². The van der Waals surface area contributed by atoms with E-state index >= 15 is 0 Å². The summed E-state index contributed by atoms with van der Waals surface area (Å²) in [5.74, 6) is -1.67. The van der Waals surface area contributed by atoms with Gasteiger partial charge in [-0.1, -0.05) is 31.2 Å². The molecule has 0 bridgehead atoms. The molecule has 0 spiro atoms. The molecule has 29 heavy (non-hydrogen) atoms. The molecule has 0 aromatic heterocycles. The highest BCUT2D eigenvalue weighted by molar-refractivity contribution is 7.89. The van der Waals surface area contributed by atoms with E-state index in [2.05, 4.69) is 4.72 Å². The number of carbonyl (C=O) groups is 2. The number of para-hydroxylation sites is 1. The molecular weight excluding hydrogens is 398 g/mol. The molecule has 10 heteroatoms. The van der Waals surface area contributed by atoms with E-state index in [4.69, 9.17) is 20.9 Å². The summed E-state index contributed by atoms with van der Waals surface area (Å²) in [4.78, 5) is 24.2. The Morgan fingerprint density at radius 2 is 1.79 bits per heavy atom. The molecule has 5 N–H and O–H groups in total. The lowest BCUT2D eigenvalue weighted by atomic mass is 10.1. The fourth-order valence-electron chi connectivity index (χ4n) is 2.35. The summed E-state index contributed by atoms with van der Waals surface area (Å²) in [5.41, 5.74) is 11.6. The zero-order valence-corrected chi connectivity index (χ0v) is 16.6. The number of anilines is 1. The summed E-state index contributed by atoms with van der Waals surface area (Å²) in [7, 11) is -3.91. The van der Waals surface area contributed by atoms with Crippen molar-refractivity contribution in [2.75, 3.05) is 12.3 Å². The van der Waals surface area contributed by atoms with Crippen molar-refractivity contribution in [2.45, 2.75) is 30.8 Å². The Hall–Kier alpha value is -2.95. The maximum atomic E-state index is 12.2. The molecule has 2 aromatic carbocycles. The SMILES string of the molecule is CCCOc1cccc(C(=O)OC(=O)C[C@@H](N)NS(=O)(=O)c2ccccc2)c1N. The zero-order chi connectivity index (χ0) is 21.4. The molecular formula is C19H23N3O6S. The standard InChI is InChI=1S/C19H23N3O6S/c1-2-11-27-15-10-6-9-14(18(15)21)19(24)28-17(23)12-16(20)22-29(25,26)13-7-4-3-5-8-13/h3-10,16,22H,2,11-12,20-21H2,1H3/t16-/m0/s1. The number of hydrogen-bond donors (Lipinski definition) is 3. The molecule has 0 amide bonds. The normalized spacial score (nSPS) is 12.2. The number of nitrogen functional groups attached to an aromatic ring is 1. The van der Waals surface area contributed by atoms with E-state index < -0.39 is 34.5 Å². The van der Waals surface area contributed by atoms with E-state index in [1.54, 1.807) is 30.3 Å². The van der Waals surface area contributed by atoms with Crippen LogP contribution in [0.4, 0.5) is 5.69 Å². The van der Waals surface area contributed by atoms with Gasteiger partial charge in [0.05, 0.1) is 35.3 Å². The largest absolute Gasteiger partial charge is 0.491 e. The number of esters is 2. The van der Waals surface area contributed by atoms with Crippen LogP contribution in [0.3, 0.4) is 0 Å². The first kappa shape index (κ1) is 22.3. The Bertz CT molecular complexity index is 963. The first-order chi connectivity index (χ1) is 13.7. The summed E-state index contributed by atoms with van der Waals surface area (Å²) in [6, 6.07) is 12.1. The summed E-state index contributed by atoms with van der Waals surface area (Å²) in [5, 5.41) is 0. The molecule has 0 radical (unpaired) electrons. The molecule has 0 aliphatic carbocycles. The predicted molar refractivity (Wildman–Crippen MR) is 106 cm³/mol. The van der Waals surface area contributed by atoms with Crippen LogP contribution in [0.15, 0.2) is 53.4 Å². The van der Waals surface area contributed by atoms with Crippen LogP contribution in [0.5, 0.6) is 5.75 Å². The number of sulfonamides is 1. The van der Waals surface area contributed by atoms with Gasteiger partial charge in [0.2, 0.25) is 10.0 Å². The second-order valence-electron chi connectivity index (χ2n) is 6.07. The van der Waals surface area contributed by atoms with Crippen LogP contribution in [-0.4, -0.2) is 33.1 Å². The van der Waals surface area contributed by atoms with Crippen molar-refractivity contribution in [1.29, 1.82) is 0 Å². The summed E-state index contributed by atoms with van der Waals surface area (Å²) >= 11 is 0. The second kappa shape index (κ2) is 10.0. The first-order valence-electron chi connectivity index (χ1n) is 8.84. The zero-order valence-electron chi connectivity index (χ0n) is 15.8. The average Bonchev–Trinajstić information content (AvgIpc) is 2.67. The maximum Gasteiger partial charge on any atom is 0.348 e. The van der Waals surface area contributed by atoms with Gasteiger partial charge < -0.3 is 20.9 Å². The van der Waals surface area contributed by atoms with E-state index in [1.807, 2.05) is 6.92 Å². The number of nitrogens with one attached hydrogen (secondary N) is 1. The van der Waals surface area contributed by atoms with Crippen LogP contribution in [0.25, 0.3) is 0 Å². The minimum atomic E-state index is -3.91. The maximum absolute atomic E-state index is 12.2. The number of carbonyl (C=O) groups excluding carboxylic acids is 2. The Morgan fingerprint density at radius 1 is 1.10 bits per heavy atom. The molecule has 0 heterocycles. The van der Waals surface area contributed by atoms with E-state index in [9.17, 15) is 18.0 Å². The third-order valence-electron chi connectivity index (χ3n) is 3.70. The van der Waals surface area contributed by atoms with Gasteiger partial charge in [0.25, 0.3) is 0 Å². The van der Waals surface area contributed by atoms with Crippen LogP contribution in [0, 0.1) is 0 Å².